The monoisotopic (exact) mass is 460 g/mol. The zero-order valence-corrected chi connectivity index (χ0v) is 17.0. The second kappa shape index (κ2) is 9.87. The molecule has 1 aliphatic rings. The molecule has 0 amide bonds. The van der Waals surface area contributed by atoms with Crippen LogP contribution in [0.1, 0.15) is 25.5 Å². The van der Waals surface area contributed by atoms with Crippen LogP contribution in [0.15, 0.2) is 34.8 Å². The van der Waals surface area contributed by atoms with E-state index in [2.05, 4.69) is 55.2 Å². The van der Waals surface area contributed by atoms with E-state index in [0.717, 1.165) is 44.1 Å². The highest BCUT2D eigenvalue weighted by Crippen LogP contribution is 2.24. The van der Waals surface area contributed by atoms with Crippen LogP contribution in [-0.4, -0.2) is 41.8 Å². The second-order valence-corrected chi connectivity index (χ2v) is 6.56. The van der Waals surface area contributed by atoms with Gasteiger partial charge in [0.05, 0.1) is 17.2 Å². The average molecular weight is 460 g/mol. The zero-order valence-electron chi connectivity index (χ0n) is 13.9. The summed E-state index contributed by atoms with van der Waals surface area (Å²) in [6.07, 6.45) is 4.02. The van der Waals surface area contributed by atoms with Crippen molar-refractivity contribution in [3.8, 4) is 0 Å². The molecule has 2 aromatic rings. The van der Waals surface area contributed by atoms with Crippen molar-refractivity contribution in [2.24, 2.45) is 4.99 Å². The first-order valence-electron chi connectivity index (χ1n) is 8.16. The molecule has 24 heavy (non-hydrogen) atoms. The van der Waals surface area contributed by atoms with Gasteiger partial charge in [0.1, 0.15) is 0 Å². The van der Waals surface area contributed by atoms with Crippen LogP contribution in [0.3, 0.4) is 0 Å². The largest absolute Gasteiger partial charge is 0.363 e. The standard InChI is InChI=1S/C16H24N6S.HI/c1-2-17-16(18-12-14-5-8-19-21-14)20-13-6-9-22(10-7-13)15-4-3-11-23-15;/h3-5,8,11,13H,2,6-7,9-10,12H2,1H3,(H,19,21)(H2,17,18,20);1H. The lowest BCUT2D eigenvalue weighted by Gasteiger charge is -2.33. The SMILES string of the molecule is CCNC(=NCc1ccn[nH]1)NC1CCN(c2cccs2)CC1.I. The smallest absolute Gasteiger partial charge is 0.191 e. The van der Waals surface area contributed by atoms with E-state index < -0.39 is 0 Å². The second-order valence-electron chi connectivity index (χ2n) is 5.63. The molecule has 1 aliphatic heterocycles. The summed E-state index contributed by atoms with van der Waals surface area (Å²) in [5, 5.41) is 17.3. The molecule has 0 aliphatic carbocycles. The molecule has 1 fully saturated rings. The number of nitrogens with zero attached hydrogens (tertiary/aromatic N) is 3. The Balaban J connectivity index is 0.00000208. The first-order valence-corrected chi connectivity index (χ1v) is 9.04. The average Bonchev–Trinajstić information content (AvgIpc) is 3.27. The number of H-pyrrole nitrogens is 1. The lowest BCUT2D eigenvalue weighted by atomic mass is 10.1. The molecule has 0 aromatic carbocycles. The first-order chi connectivity index (χ1) is 11.3. The molecule has 3 rings (SSSR count). The van der Waals surface area contributed by atoms with Gasteiger partial charge in [0.25, 0.3) is 0 Å². The summed E-state index contributed by atoms with van der Waals surface area (Å²) in [4.78, 5) is 7.10. The van der Waals surface area contributed by atoms with Crippen LogP contribution in [0.5, 0.6) is 0 Å². The van der Waals surface area contributed by atoms with Gasteiger partial charge >= 0.3 is 0 Å². The highest BCUT2D eigenvalue weighted by molar-refractivity contribution is 14.0. The van der Waals surface area contributed by atoms with E-state index in [1.807, 2.05) is 17.4 Å². The van der Waals surface area contributed by atoms with Crippen molar-refractivity contribution in [2.75, 3.05) is 24.5 Å². The Morgan fingerprint density at radius 3 is 2.88 bits per heavy atom. The summed E-state index contributed by atoms with van der Waals surface area (Å²) >= 11 is 1.82. The van der Waals surface area contributed by atoms with Gasteiger partial charge in [-0.1, -0.05) is 0 Å². The van der Waals surface area contributed by atoms with Crippen molar-refractivity contribution in [3.05, 3.63) is 35.5 Å². The van der Waals surface area contributed by atoms with Crippen molar-refractivity contribution in [1.82, 2.24) is 20.8 Å². The Hall–Kier alpha value is -1.29. The van der Waals surface area contributed by atoms with E-state index in [-0.39, 0.29) is 24.0 Å². The summed E-state index contributed by atoms with van der Waals surface area (Å²) < 4.78 is 0. The van der Waals surface area contributed by atoms with Crippen molar-refractivity contribution < 1.29 is 0 Å². The Morgan fingerprint density at radius 1 is 1.42 bits per heavy atom. The van der Waals surface area contributed by atoms with Gasteiger partial charge in [-0.25, -0.2) is 4.99 Å². The van der Waals surface area contributed by atoms with E-state index in [1.54, 1.807) is 6.20 Å². The molecule has 1 saturated heterocycles. The maximum atomic E-state index is 4.63. The van der Waals surface area contributed by atoms with Crippen LogP contribution in [0.2, 0.25) is 0 Å². The molecule has 0 spiro atoms. The molecule has 0 radical (unpaired) electrons. The van der Waals surface area contributed by atoms with Crippen LogP contribution in [0.25, 0.3) is 0 Å². The number of hydrogen-bond donors (Lipinski definition) is 3. The van der Waals surface area contributed by atoms with Gasteiger partial charge in [-0.2, -0.15) is 5.10 Å². The number of aromatic amines is 1. The Labute approximate surface area is 164 Å². The highest BCUT2D eigenvalue weighted by atomic mass is 127. The van der Waals surface area contributed by atoms with Crippen molar-refractivity contribution in [3.63, 3.8) is 0 Å². The molecule has 132 valence electrons. The number of piperidine rings is 1. The van der Waals surface area contributed by atoms with Gasteiger partial charge in [-0.15, -0.1) is 35.3 Å². The number of aromatic nitrogens is 2. The number of thiophene rings is 1. The van der Waals surface area contributed by atoms with Gasteiger partial charge < -0.3 is 15.5 Å². The molecule has 0 saturated carbocycles. The molecule has 3 heterocycles. The maximum Gasteiger partial charge on any atom is 0.191 e. The lowest BCUT2D eigenvalue weighted by molar-refractivity contribution is 0.463. The number of nitrogens with one attached hydrogen (secondary N) is 3. The number of aliphatic imine (C=N–C) groups is 1. The number of halogens is 1. The van der Waals surface area contributed by atoms with Crippen LogP contribution < -0.4 is 15.5 Å². The topological polar surface area (TPSA) is 68.3 Å². The minimum Gasteiger partial charge on any atom is -0.363 e. The summed E-state index contributed by atoms with van der Waals surface area (Å²) in [5.41, 5.74) is 1.02. The number of rotatable bonds is 5. The predicted molar refractivity (Wildman–Crippen MR) is 112 cm³/mol. The fourth-order valence-electron chi connectivity index (χ4n) is 2.74. The van der Waals surface area contributed by atoms with Crippen LogP contribution in [0.4, 0.5) is 5.00 Å². The van der Waals surface area contributed by atoms with E-state index in [4.69, 9.17) is 0 Å². The molecule has 0 bridgehead atoms. The highest BCUT2D eigenvalue weighted by Gasteiger charge is 2.20. The summed E-state index contributed by atoms with van der Waals surface area (Å²) in [6.45, 7) is 5.76. The maximum absolute atomic E-state index is 4.63. The third-order valence-electron chi connectivity index (χ3n) is 3.96. The molecule has 0 atom stereocenters. The minimum atomic E-state index is 0. The van der Waals surface area contributed by atoms with E-state index in [9.17, 15) is 0 Å². The van der Waals surface area contributed by atoms with Gasteiger partial charge in [0, 0.05) is 31.9 Å². The molecule has 0 unspecified atom stereocenters. The molecule has 8 heteroatoms. The molecule has 6 nitrogen and oxygen atoms in total. The fraction of sp³-hybridized carbons (Fsp3) is 0.500. The quantitative estimate of drug-likeness (QED) is 0.365. The van der Waals surface area contributed by atoms with Crippen molar-refractivity contribution in [2.45, 2.75) is 32.4 Å². The zero-order chi connectivity index (χ0) is 15.9. The van der Waals surface area contributed by atoms with E-state index in [0.29, 0.717) is 12.6 Å². The van der Waals surface area contributed by atoms with Crippen molar-refractivity contribution >= 4 is 46.3 Å². The minimum absolute atomic E-state index is 0. The van der Waals surface area contributed by atoms with Crippen molar-refractivity contribution in [1.29, 1.82) is 0 Å². The van der Waals surface area contributed by atoms with Crippen LogP contribution in [-0.2, 0) is 6.54 Å². The number of guanidine groups is 1. The first kappa shape index (κ1) is 19.0. The van der Waals surface area contributed by atoms with Gasteiger partial charge in [-0.3, -0.25) is 5.10 Å². The van der Waals surface area contributed by atoms with Crippen LogP contribution >= 0.6 is 35.3 Å². The Kier molecular flexibility index (Phi) is 7.83. The van der Waals surface area contributed by atoms with Crippen LogP contribution in [0, 0.1) is 0 Å². The van der Waals surface area contributed by atoms with Gasteiger partial charge in [-0.05, 0) is 43.3 Å². The number of hydrogen-bond acceptors (Lipinski definition) is 4. The molecule has 2 aromatic heterocycles. The third-order valence-corrected chi connectivity index (χ3v) is 4.89. The molecule has 3 N–H and O–H groups in total. The molecular weight excluding hydrogens is 435 g/mol. The number of anilines is 1. The predicted octanol–water partition coefficient (Wildman–Crippen LogP) is 2.81. The Morgan fingerprint density at radius 2 is 2.25 bits per heavy atom. The van der Waals surface area contributed by atoms with E-state index in [1.165, 1.54) is 5.00 Å². The molecular formula is C16H25IN6S. The lowest BCUT2D eigenvalue weighted by Crippen LogP contribution is -2.48. The Bertz CT molecular complexity index is 590. The normalized spacial score (nSPS) is 15.9. The van der Waals surface area contributed by atoms with Gasteiger partial charge in [0.2, 0.25) is 0 Å². The van der Waals surface area contributed by atoms with E-state index >= 15 is 0 Å². The third kappa shape index (κ3) is 5.37. The van der Waals surface area contributed by atoms with Gasteiger partial charge in [0.15, 0.2) is 5.96 Å². The summed E-state index contributed by atoms with van der Waals surface area (Å²) in [5.74, 6) is 0.886. The fourth-order valence-corrected chi connectivity index (χ4v) is 3.53. The summed E-state index contributed by atoms with van der Waals surface area (Å²) in [7, 11) is 0. The summed E-state index contributed by atoms with van der Waals surface area (Å²) in [6, 6.07) is 6.75.